The smallest absolute Gasteiger partial charge is 0.350 e. The number of pyridine rings is 1. The molecule has 1 rings (SSSR count). The molecule has 0 aromatic carbocycles. The van der Waals surface area contributed by atoms with Gasteiger partial charge < -0.3 is 14.9 Å². The fraction of sp³-hybridized carbons (Fsp3) is 0.333. The standard InChI is InChI=1S/C9H8F2N2O5/c1-2-18-9(15)5-6(14)4(7(10)11)3-12-8(5)13(16)17/h3,7H,2H2,1H3,(H,12,14). The molecule has 1 aromatic rings. The van der Waals surface area contributed by atoms with Crippen molar-refractivity contribution >= 4 is 11.8 Å². The summed E-state index contributed by atoms with van der Waals surface area (Å²) in [4.78, 5) is 34.4. The van der Waals surface area contributed by atoms with E-state index in [-0.39, 0.29) is 6.61 Å². The molecule has 0 fully saturated rings. The summed E-state index contributed by atoms with van der Waals surface area (Å²) < 4.78 is 29.3. The van der Waals surface area contributed by atoms with Crippen molar-refractivity contribution in [3.63, 3.8) is 0 Å². The number of nitrogens with one attached hydrogen (secondary N) is 1. The maximum atomic E-state index is 12.4. The van der Waals surface area contributed by atoms with Crippen molar-refractivity contribution < 1.29 is 23.2 Å². The molecule has 0 atom stereocenters. The number of aromatic nitrogens is 1. The number of hydrogen-bond acceptors (Lipinski definition) is 5. The van der Waals surface area contributed by atoms with Crippen LogP contribution in [-0.4, -0.2) is 22.5 Å². The fourth-order valence-electron chi connectivity index (χ4n) is 1.23. The van der Waals surface area contributed by atoms with Crippen LogP contribution < -0.4 is 5.43 Å². The highest BCUT2D eigenvalue weighted by Crippen LogP contribution is 2.19. The van der Waals surface area contributed by atoms with Crippen molar-refractivity contribution in [1.29, 1.82) is 0 Å². The van der Waals surface area contributed by atoms with E-state index in [2.05, 4.69) is 4.74 Å². The molecule has 7 nitrogen and oxygen atoms in total. The first-order chi connectivity index (χ1) is 8.40. The highest BCUT2D eigenvalue weighted by atomic mass is 19.3. The molecule has 1 aromatic heterocycles. The summed E-state index contributed by atoms with van der Waals surface area (Å²) in [6, 6.07) is 0. The second kappa shape index (κ2) is 5.34. The van der Waals surface area contributed by atoms with Gasteiger partial charge in [-0.1, -0.05) is 0 Å². The molecule has 0 saturated heterocycles. The zero-order valence-electron chi connectivity index (χ0n) is 9.11. The van der Waals surface area contributed by atoms with Gasteiger partial charge in [-0.05, 0) is 11.8 Å². The topological polar surface area (TPSA) is 102 Å². The summed E-state index contributed by atoms with van der Waals surface area (Å²) >= 11 is 0. The van der Waals surface area contributed by atoms with Gasteiger partial charge in [0.1, 0.15) is 11.8 Å². The maximum Gasteiger partial charge on any atom is 0.350 e. The lowest BCUT2D eigenvalue weighted by atomic mass is 10.1. The molecule has 18 heavy (non-hydrogen) atoms. The molecule has 0 bridgehead atoms. The third-order valence-electron chi connectivity index (χ3n) is 1.99. The van der Waals surface area contributed by atoms with E-state index in [1.165, 1.54) is 6.92 Å². The number of ether oxygens (including phenoxy) is 1. The number of esters is 1. The van der Waals surface area contributed by atoms with E-state index in [1.807, 2.05) is 4.98 Å². The van der Waals surface area contributed by atoms with Crippen LogP contribution >= 0.6 is 0 Å². The van der Waals surface area contributed by atoms with Crippen LogP contribution in [0.15, 0.2) is 11.0 Å². The SMILES string of the molecule is CCOC(=O)c1c([N+](=O)[O-])[nH]cc(C(F)F)c1=O. The Bertz CT molecular complexity index is 540. The van der Waals surface area contributed by atoms with Gasteiger partial charge in [0.05, 0.1) is 6.61 Å². The van der Waals surface area contributed by atoms with Crippen LogP contribution in [-0.2, 0) is 4.74 Å². The number of carbonyl (C=O) groups is 1. The molecule has 0 spiro atoms. The molecular weight excluding hydrogens is 254 g/mol. The van der Waals surface area contributed by atoms with Crippen molar-refractivity contribution in [1.82, 2.24) is 4.98 Å². The van der Waals surface area contributed by atoms with Crippen LogP contribution in [0.4, 0.5) is 14.6 Å². The molecule has 0 saturated carbocycles. The number of rotatable bonds is 4. The largest absolute Gasteiger partial charge is 0.462 e. The Kier molecular flexibility index (Phi) is 4.08. The minimum atomic E-state index is -3.15. The van der Waals surface area contributed by atoms with Crippen LogP contribution in [0.1, 0.15) is 29.3 Å². The fourth-order valence-corrected chi connectivity index (χ4v) is 1.23. The quantitative estimate of drug-likeness (QED) is 0.502. The average Bonchev–Trinajstić information content (AvgIpc) is 2.27. The van der Waals surface area contributed by atoms with Gasteiger partial charge in [-0.25, -0.2) is 18.6 Å². The van der Waals surface area contributed by atoms with Gasteiger partial charge in [0.2, 0.25) is 11.0 Å². The van der Waals surface area contributed by atoms with Gasteiger partial charge >= 0.3 is 11.8 Å². The van der Waals surface area contributed by atoms with Gasteiger partial charge in [0, 0.05) is 0 Å². The number of carbonyl (C=O) groups excluding carboxylic acids is 1. The van der Waals surface area contributed by atoms with Crippen molar-refractivity contribution in [3.8, 4) is 0 Å². The number of alkyl halides is 2. The second-order valence-electron chi connectivity index (χ2n) is 3.08. The summed E-state index contributed by atoms with van der Waals surface area (Å²) in [5, 5.41) is 10.6. The lowest BCUT2D eigenvalue weighted by Gasteiger charge is -2.05. The van der Waals surface area contributed by atoms with Crippen LogP contribution in [0.25, 0.3) is 0 Å². The molecule has 0 aliphatic heterocycles. The van der Waals surface area contributed by atoms with Crippen LogP contribution in [0.5, 0.6) is 0 Å². The summed E-state index contributed by atoms with van der Waals surface area (Å²) in [6.45, 7) is 1.27. The summed E-state index contributed by atoms with van der Waals surface area (Å²) in [7, 11) is 0. The number of hydrogen-bond donors (Lipinski definition) is 1. The molecule has 0 radical (unpaired) electrons. The molecule has 1 heterocycles. The first kappa shape index (κ1) is 13.7. The van der Waals surface area contributed by atoms with E-state index in [9.17, 15) is 28.5 Å². The van der Waals surface area contributed by atoms with Gasteiger partial charge in [-0.2, -0.15) is 0 Å². The van der Waals surface area contributed by atoms with Crippen LogP contribution in [0, 0.1) is 10.1 Å². The highest BCUT2D eigenvalue weighted by molar-refractivity contribution is 5.93. The van der Waals surface area contributed by atoms with Gasteiger partial charge in [0.15, 0.2) is 0 Å². The Morgan fingerprint density at radius 2 is 2.22 bits per heavy atom. The minimum absolute atomic E-state index is 0.145. The van der Waals surface area contributed by atoms with Crippen molar-refractivity contribution in [3.05, 3.63) is 37.7 Å². The minimum Gasteiger partial charge on any atom is -0.462 e. The molecule has 0 aliphatic carbocycles. The number of aromatic amines is 1. The Balaban J connectivity index is 3.51. The van der Waals surface area contributed by atoms with E-state index in [4.69, 9.17) is 0 Å². The summed E-state index contributed by atoms with van der Waals surface area (Å²) in [5.41, 5.74) is -3.46. The number of nitro groups is 1. The van der Waals surface area contributed by atoms with E-state index >= 15 is 0 Å². The first-order valence-electron chi connectivity index (χ1n) is 4.75. The molecule has 1 N–H and O–H groups in total. The van der Waals surface area contributed by atoms with E-state index in [1.54, 1.807) is 0 Å². The van der Waals surface area contributed by atoms with E-state index in [0.29, 0.717) is 6.20 Å². The summed E-state index contributed by atoms with van der Waals surface area (Å²) in [6.07, 6.45) is -2.64. The Morgan fingerprint density at radius 1 is 1.61 bits per heavy atom. The van der Waals surface area contributed by atoms with Gasteiger partial charge in [-0.15, -0.1) is 0 Å². The lowest BCUT2D eigenvalue weighted by molar-refractivity contribution is -0.390. The predicted octanol–water partition coefficient (Wildman–Crippen LogP) is 1.40. The number of H-pyrrole nitrogens is 1. The zero-order valence-corrected chi connectivity index (χ0v) is 9.11. The van der Waals surface area contributed by atoms with Crippen molar-refractivity contribution in [2.45, 2.75) is 13.3 Å². The third-order valence-corrected chi connectivity index (χ3v) is 1.99. The molecule has 0 amide bonds. The monoisotopic (exact) mass is 262 g/mol. The molecule has 9 heteroatoms. The second-order valence-corrected chi connectivity index (χ2v) is 3.08. The Labute approximate surface area is 98.5 Å². The lowest BCUT2D eigenvalue weighted by Crippen LogP contribution is -2.23. The maximum absolute atomic E-state index is 12.4. The molecular formula is C9H8F2N2O5. The van der Waals surface area contributed by atoms with Gasteiger partial charge in [-0.3, -0.25) is 4.79 Å². The molecule has 0 unspecified atom stereocenters. The zero-order chi connectivity index (χ0) is 13.9. The van der Waals surface area contributed by atoms with Gasteiger partial charge in [0.25, 0.3) is 6.43 Å². The normalized spacial score (nSPS) is 10.4. The molecule has 0 aliphatic rings. The van der Waals surface area contributed by atoms with E-state index < -0.39 is 39.7 Å². The highest BCUT2D eigenvalue weighted by Gasteiger charge is 2.29. The van der Waals surface area contributed by atoms with Crippen LogP contribution in [0.3, 0.4) is 0 Å². The van der Waals surface area contributed by atoms with E-state index in [0.717, 1.165) is 0 Å². The van der Waals surface area contributed by atoms with Crippen LogP contribution in [0.2, 0.25) is 0 Å². The first-order valence-corrected chi connectivity index (χ1v) is 4.75. The third kappa shape index (κ3) is 2.50. The number of nitrogens with zero attached hydrogens (tertiary/aromatic N) is 1. The molecule has 98 valence electrons. The summed E-state index contributed by atoms with van der Waals surface area (Å²) in [5.74, 6) is -2.28. The Morgan fingerprint density at radius 3 is 2.67 bits per heavy atom. The van der Waals surface area contributed by atoms with Crippen molar-refractivity contribution in [2.75, 3.05) is 6.61 Å². The average molecular weight is 262 g/mol. The van der Waals surface area contributed by atoms with Crippen molar-refractivity contribution in [2.24, 2.45) is 0 Å². The predicted molar refractivity (Wildman–Crippen MR) is 54.6 cm³/mol. The Hall–Kier alpha value is -2.32. The number of halogens is 2.